The molecule has 5 atom stereocenters. The van der Waals surface area contributed by atoms with Gasteiger partial charge in [0.2, 0.25) is 19.2 Å². The molecule has 0 N–H and O–H groups in total. The number of carbonyl (C=O) groups excluding carboxylic acids is 2. The number of imide groups is 1. The summed E-state index contributed by atoms with van der Waals surface area (Å²) in [6, 6.07) is 13.4. The summed E-state index contributed by atoms with van der Waals surface area (Å²) in [6.07, 6.45) is 1.31. The Morgan fingerprint density at radius 2 is 1.39 bits per heavy atom. The van der Waals surface area contributed by atoms with Crippen LogP contribution in [-0.4, -0.2) is 23.6 Å². The fourth-order valence-electron chi connectivity index (χ4n) is 6.15. The van der Waals surface area contributed by atoms with Crippen LogP contribution in [0.3, 0.4) is 0 Å². The molecule has 6 heteroatoms. The predicted molar refractivity (Wildman–Crippen MR) is 144 cm³/mol. The van der Waals surface area contributed by atoms with Crippen LogP contribution in [-0.2, 0) is 18.7 Å². The summed E-state index contributed by atoms with van der Waals surface area (Å²) in [5, 5.41) is 0.771. The quantitative estimate of drug-likeness (QED) is 0.265. The van der Waals surface area contributed by atoms with Crippen molar-refractivity contribution < 1.29 is 18.7 Å². The Kier molecular flexibility index (Phi) is 6.16. The first-order chi connectivity index (χ1) is 17.0. The van der Waals surface area contributed by atoms with E-state index in [1.54, 1.807) is 12.1 Å². The van der Waals surface area contributed by atoms with Crippen LogP contribution in [0, 0.1) is 11.8 Å². The Balaban J connectivity index is 1.70. The summed E-state index contributed by atoms with van der Waals surface area (Å²) in [5.74, 6) is -1.26. The molecule has 1 unspecified atom stereocenters. The van der Waals surface area contributed by atoms with Gasteiger partial charge in [0.1, 0.15) is 0 Å². The Bertz CT molecular complexity index is 1280. The lowest BCUT2D eigenvalue weighted by Crippen LogP contribution is -2.50. The third-order valence-electron chi connectivity index (χ3n) is 8.07. The summed E-state index contributed by atoms with van der Waals surface area (Å²) in [7, 11) is -3.52. The van der Waals surface area contributed by atoms with Gasteiger partial charge in [0.15, 0.2) is 0 Å². The minimum Gasteiger partial charge on any atom is -0.316 e. The Labute approximate surface area is 214 Å². The van der Waals surface area contributed by atoms with Crippen LogP contribution in [0.5, 0.6) is 0 Å². The molecule has 0 radical (unpaired) electrons. The van der Waals surface area contributed by atoms with Crippen molar-refractivity contribution in [3.63, 3.8) is 0 Å². The molecule has 0 spiro atoms. The van der Waals surface area contributed by atoms with E-state index in [2.05, 4.69) is 53.7 Å². The number of rotatable bonds is 5. The Morgan fingerprint density at radius 1 is 0.833 bits per heavy atom. The van der Waals surface area contributed by atoms with Crippen molar-refractivity contribution in [2.24, 2.45) is 11.8 Å². The minimum absolute atomic E-state index is 0.133. The van der Waals surface area contributed by atoms with Gasteiger partial charge in [-0.1, -0.05) is 78.0 Å². The van der Waals surface area contributed by atoms with Crippen LogP contribution in [0.25, 0.3) is 0 Å². The van der Waals surface area contributed by atoms with Crippen LogP contribution >= 0.6 is 7.37 Å². The van der Waals surface area contributed by atoms with Gasteiger partial charge in [0.05, 0.1) is 29.3 Å². The van der Waals surface area contributed by atoms with Gasteiger partial charge >= 0.3 is 0 Å². The third kappa shape index (κ3) is 3.58. The molecule has 0 aromatic heterocycles. The molecular weight excluding hydrogens is 469 g/mol. The fourth-order valence-corrected chi connectivity index (χ4v) is 9.86. The number of amides is 2. The molecule has 5 nitrogen and oxygen atoms in total. The van der Waals surface area contributed by atoms with Gasteiger partial charge in [-0.05, 0) is 59.1 Å². The smallest absolute Gasteiger partial charge is 0.240 e. The molecule has 36 heavy (non-hydrogen) atoms. The molecule has 2 amide bonds. The van der Waals surface area contributed by atoms with Crippen LogP contribution in [0.2, 0.25) is 0 Å². The zero-order valence-corrected chi connectivity index (χ0v) is 23.1. The lowest BCUT2D eigenvalue weighted by atomic mass is 9.79. The number of nitrogens with zero attached hydrogens (tertiary/aromatic N) is 1. The van der Waals surface area contributed by atoms with E-state index in [0.29, 0.717) is 11.6 Å². The van der Waals surface area contributed by atoms with Crippen LogP contribution < -0.4 is 10.2 Å². The average Bonchev–Trinajstić information content (AvgIpc) is 3.10. The normalized spacial score (nSPS) is 29.5. The maximum Gasteiger partial charge on any atom is 0.240 e. The van der Waals surface area contributed by atoms with Gasteiger partial charge in [-0.2, -0.15) is 0 Å². The number of anilines is 1. The van der Waals surface area contributed by atoms with Crippen LogP contribution in [0.15, 0.2) is 54.1 Å². The number of hydrogen-bond donors (Lipinski definition) is 0. The van der Waals surface area contributed by atoms with E-state index in [9.17, 15) is 9.59 Å². The van der Waals surface area contributed by atoms with Gasteiger partial charge in [-0.15, -0.1) is 0 Å². The van der Waals surface area contributed by atoms with Crippen LogP contribution in [0.1, 0.15) is 82.9 Å². The van der Waals surface area contributed by atoms with Gasteiger partial charge in [-0.25, -0.2) is 4.90 Å². The van der Waals surface area contributed by atoms with Crippen molar-refractivity contribution in [1.29, 1.82) is 0 Å². The highest BCUT2D eigenvalue weighted by Crippen LogP contribution is 2.67. The molecule has 2 aromatic carbocycles. The lowest BCUT2D eigenvalue weighted by Gasteiger charge is -2.47. The predicted octanol–water partition coefficient (Wildman–Crippen LogP) is 6.49. The molecule has 6 rings (SSSR count). The maximum absolute atomic E-state index is 15.2. The largest absolute Gasteiger partial charge is 0.316 e. The molecule has 3 heterocycles. The Morgan fingerprint density at radius 3 is 1.92 bits per heavy atom. The fraction of sp³-hybridized carbons (Fsp3) is 0.467. The van der Waals surface area contributed by atoms with Crippen molar-refractivity contribution in [2.75, 3.05) is 4.90 Å². The molecule has 4 aliphatic rings. The van der Waals surface area contributed by atoms with E-state index in [4.69, 9.17) is 4.52 Å². The number of allylic oxidation sites excluding steroid dienone is 1. The molecule has 1 aliphatic carbocycles. The molecule has 190 valence electrons. The molecule has 2 fully saturated rings. The zero-order chi connectivity index (χ0) is 26.1. The average molecular weight is 506 g/mol. The lowest BCUT2D eigenvalue weighted by molar-refractivity contribution is -0.124. The first-order valence-corrected chi connectivity index (χ1v) is 14.7. The number of hydrogen-bond acceptors (Lipinski definition) is 4. The van der Waals surface area contributed by atoms with Crippen molar-refractivity contribution >= 4 is 30.2 Å². The summed E-state index contributed by atoms with van der Waals surface area (Å²) in [4.78, 5) is 28.7. The molecular formula is C30H36NO4P. The van der Waals surface area contributed by atoms with Gasteiger partial charge < -0.3 is 4.52 Å². The van der Waals surface area contributed by atoms with Gasteiger partial charge in [0.25, 0.3) is 0 Å². The number of para-hydroxylation sites is 1. The zero-order valence-electron chi connectivity index (χ0n) is 22.2. The SMILES string of the molecule is CC1=C[C@H]2[C@H]3C(=O)N(c4ccccc4)C(=O)[C@H]3[C@@H]1OP2(=O)c1c(C(C)C)cc(C(C)C)cc1C(C)C. The molecule has 0 saturated carbocycles. The number of fused-ring (bicyclic) bond motifs is 1. The van der Waals surface area contributed by atoms with Gasteiger partial charge in [-0.3, -0.25) is 14.2 Å². The topological polar surface area (TPSA) is 63.7 Å². The first kappa shape index (κ1) is 25.2. The summed E-state index contributed by atoms with van der Waals surface area (Å²) < 4.78 is 21.8. The summed E-state index contributed by atoms with van der Waals surface area (Å²) in [5.41, 5.74) is 4.06. The maximum atomic E-state index is 15.2. The van der Waals surface area contributed by atoms with Crippen molar-refractivity contribution in [3.8, 4) is 0 Å². The molecule has 2 saturated heterocycles. The molecule has 2 bridgehead atoms. The second kappa shape index (κ2) is 8.82. The van der Waals surface area contributed by atoms with E-state index in [0.717, 1.165) is 22.0 Å². The summed E-state index contributed by atoms with van der Waals surface area (Å²) in [6.45, 7) is 14.7. The van der Waals surface area contributed by atoms with E-state index in [1.165, 1.54) is 10.5 Å². The van der Waals surface area contributed by atoms with Gasteiger partial charge in [0, 0.05) is 5.30 Å². The number of carbonyl (C=O) groups is 2. The van der Waals surface area contributed by atoms with E-state index in [-0.39, 0.29) is 23.7 Å². The highest BCUT2D eigenvalue weighted by molar-refractivity contribution is 7.68. The third-order valence-corrected chi connectivity index (χ3v) is 11.0. The first-order valence-electron chi connectivity index (χ1n) is 13.0. The Hall–Kier alpha value is -2.49. The van der Waals surface area contributed by atoms with Crippen LogP contribution in [0.4, 0.5) is 5.69 Å². The van der Waals surface area contributed by atoms with Crippen molar-refractivity contribution in [3.05, 3.63) is 70.8 Å². The monoisotopic (exact) mass is 505 g/mol. The minimum atomic E-state index is -3.52. The van der Waals surface area contributed by atoms with Crippen molar-refractivity contribution in [2.45, 2.75) is 78.0 Å². The highest BCUT2D eigenvalue weighted by Gasteiger charge is 2.66. The highest BCUT2D eigenvalue weighted by atomic mass is 31.2. The standard InChI is InChI=1S/C30H36NO4P/c1-16(2)20-14-22(17(3)4)28(23(15-20)18(5)6)36(34)24-13-19(7)27(35-36)26-25(24)29(32)31(30(26)33)21-11-9-8-10-12-21/h8-18,24-27H,1-7H3/t24-,25+,26+,27+,36?/m0/s1. The van der Waals surface area contributed by atoms with E-state index < -0.39 is 31.0 Å². The molecule has 2 aromatic rings. The van der Waals surface area contributed by atoms with E-state index >= 15 is 4.57 Å². The summed E-state index contributed by atoms with van der Waals surface area (Å²) >= 11 is 0. The second-order valence-electron chi connectivity index (χ2n) is 11.4. The van der Waals surface area contributed by atoms with E-state index in [1.807, 2.05) is 31.2 Å². The molecule has 3 aliphatic heterocycles. The number of benzene rings is 2. The second-order valence-corrected chi connectivity index (χ2v) is 13.9. The van der Waals surface area contributed by atoms with Crippen molar-refractivity contribution in [1.82, 2.24) is 0 Å².